The van der Waals surface area contributed by atoms with E-state index in [9.17, 15) is 0 Å². The van der Waals surface area contributed by atoms with Crippen LogP contribution in [0.25, 0.3) is 0 Å². The topological polar surface area (TPSA) is 15.3 Å². The SMILES string of the molecule is CCC1(CN2CC=C(C)CC2)CCCN1. The molecule has 1 saturated heterocycles. The summed E-state index contributed by atoms with van der Waals surface area (Å²) in [6, 6.07) is 0. The molecule has 15 heavy (non-hydrogen) atoms. The molecular weight excluding hydrogens is 184 g/mol. The molecule has 1 fully saturated rings. The molecule has 0 aromatic carbocycles. The van der Waals surface area contributed by atoms with Crippen LogP contribution in [0.3, 0.4) is 0 Å². The van der Waals surface area contributed by atoms with Crippen LogP contribution in [0.4, 0.5) is 0 Å². The summed E-state index contributed by atoms with van der Waals surface area (Å²) >= 11 is 0. The average Bonchev–Trinajstić information content (AvgIpc) is 2.71. The highest BCUT2D eigenvalue weighted by Gasteiger charge is 2.33. The van der Waals surface area contributed by atoms with E-state index in [1.807, 2.05) is 0 Å². The van der Waals surface area contributed by atoms with Crippen molar-refractivity contribution in [1.29, 1.82) is 0 Å². The van der Waals surface area contributed by atoms with Gasteiger partial charge in [0.25, 0.3) is 0 Å². The summed E-state index contributed by atoms with van der Waals surface area (Å²) in [5.74, 6) is 0. The molecule has 0 radical (unpaired) electrons. The lowest BCUT2D eigenvalue weighted by Gasteiger charge is -2.36. The van der Waals surface area contributed by atoms with Gasteiger partial charge in [-0.05, 0) is 39.2 Å². The second kappa shape index (κ2) is 4.67. The van der Waals surface area contributed by atoms with Gasteiger partial charge in [0.05, 0.1) is 0 Å². The summed E-state index contributed by atoms with van der Waals surface area (Å²) in [4.78, 5) is 2.61. The molecule has 0 amide bonds. The Kier molecular flexibility index (Phi) is 3.47. The van der Waals surface area contributed by atoms with E-state index >= 15 is 0 Å². The third kappa shape index (κ3) is 2.61. The monoisotopic (exact) mass is 208 g/mol. The van der Waals surface area contributed by atoms with Crippen molar-refractivity contribution >= 4 is 0 Å². The van der Waals surface area contributed by atoms with Gasteiger partial charge in [-0.25, -0.2) is 0 Å². The van der Waals surface area contributed by atoms with Gasteiger partial charge < -0.3 is 5.32 Å². The predicted molar refractivity (Wildman–Crippen MR) is 65.1 cm³/mol. The Balaban J connectivity index is 1.90. The van der Waals surface area contributed by atoms with Crippen LogP contribution in [0.1, 0.15) is 39.5 Å². The van der Waals surface area contributed by atoms with Crippen molar-refractivity contribution in [2.24, 2.45) is 0 Å². The Labute approximate surface area is 93.7 Å². The van der Waals surface area contributed by atoms with Crippen LogP contribution in [0.5, 0.6) is 0 Å². The van der Waals surface area contributed by atoms with Crippen molar-refractivity contribution < 1.29 is 0 Å². The Morgan fingerprint density at radius 1 is 1.53 bits per heavy atom. The molecule has 0 aromatic rings. The highest BCUT2D eigenvalue weighted by molar-refractivity contribution is 5.05. The second-order valence-electron chi connectivity index (χ2n) is 5.20. The molecule has 2 rings (SSSR count). The molecule has 1 unspecified atom stereocenters. The van der Waals surface area contributed by atoms with Gasteiger partial charge in [0, 0.05) is 25.2 Å². The molecule has 2 heteroatoms. The van der Waals surface area contributed by atoms with Gasteiger partial charge in [-0.15, -0.1) is 0 Å². The fourth-order valence-corrected chi connectivity index (χ4v) is 2.80. The molecule has 0 spiro atoms. The van der Waals surface area contributed by atoms with Crippen LogP contribution in [0.2, 0.25) is 0 Å². The molecule has 0 saturated carbocycles. The fourth-order valence-electron chi connectivity index (χ4n) is 2.80. The smallest absolute Gasteiger partial charge is 0.0306 e. The van der Waals surface area contributed by atoms with Crippen molar-refractivity contribution in [2.75, 3.05) is 26.2 Å². The average molecular weight is 208 g/mol. The van der Waals surface area contributed by atoms with E-state index in [4.69, 9.17) is 0 Å². The number of rotatable bonds is 3. The first-order valence-electron chi connectivity index (χ1n) is 6.37. The van der Waals surface area contributed by atoms with Crippen molar-refractivity contribution in [3.05, 3.63) is 11.6 Å². The van der Waals surface area contributed by atoms with E-state index in [2.05, 4.69) is 30.1 Å². The van der Waals surface area contributed by atoms with E-state index < -0.39 is 0 Å². The molecule has 2 aliphatic heterocycles. The van der Waals surface area contributed by atoms with Gasteiger partial charge in [-0.3, -0.25) is 4.90 Å². The van der Waals surface area contributed by atoms with Crippen LogP contribution in [0, 0.1) is 0 Å². The maximum atomic E-state index is 3.72. The van der Waals surface area contributed by atoms with Crippen LogP contribution in [-0.4, -0.2) is 36.6 Å². The maximum Gasteiger partial charge on any atom is 0.0306 e. The molecule has 2 heterocycles. The van der Waals surface area contributed by atoms with Crippen LogP contribution < -0.4 is 5.32 Å². The highest BCUT2D eigenvalue weighted by atomic mass is 15.2. The van der Waals surface area contributed by atoms with Crippen molar-refractivity contribution in [2.45, 2.75) is 45.1 Å². The zero-order valence-corrected chi connectivity index (χ0v) is 10.2. The van der Waals surface area contributed by atoms with Crippen molar-refractivity contribution in [3.63, 3.8) is 0 Å². The van der Waals surface area contributed by atoms with Crippen LogP contribution in [-0.2, 0) is 0 Å². The normalized spacial score (nSPS) is 33.1. The molecule has 0 bridgehead atoms. The molecule has 2 nitrogen and oxygen atoms in total. The molecule has 86 valence electrons. The first kappa shape index (κ1) is 11.2. The van der Waals surface area contributed by atoms with Crippen molar-refractivity contribution in [3.8, 4) is 0 Å². The number of hydrogen-bond donors (Lipinski definition) is 1. The zero-order valence-electron chi connectivity index (χ0n) is 10.2. The zero-order chi connectivity index (χ0) is 10.7. The summed E-state index contributed by atoms with van der Waals surface area (Å²) in [5.41, 5.74) is 2.00. The van der Waals surface area contributed by atoms with Gasteiger partial charge in [-0.1, -0.05) is 18.6 Å². The van der Waals surface area contributed by atoms with Gasteiger partial charge in [0.15, 0.2) is 0 Å². The standard InChI is InChI=1S/C13H24N2/c1-3-13(7-4-8-14-13)11-15-9-5-12(2)6-10-15/h5,14H,3-4,6-11H2,1-2H3. The third-order valence-corrected chi connectivity index (χ3v) is 4.06. The van der Waals surface area contributed by atoms with E-state index in [-0.39, 0.29) is 0 Å². The Morgan fingerprint density at radius 2 is 2.40 bits per heavy atom. The molecule has 2 aliphatic rings. The second-order valence-corrected chi connectivity index (χ2v) is 5.20. The van der Waals surface area contributed by atoms with Gasteiger partial charge in [0.2, 0.25) is 0 Å². The summed E-state index contributed by atoms with van der Waals surface area (Å²) in [6.45, 7) is 9.45. The van der Waals surface area contributed by atoms with E-state index in [1.165, 1.54) is 45.3 Å². The fraction of sp³-hybridized carbons (Fsp3) is 0.846. The summed E-state index contributed by atoms with van der Waals surface area (Å²) < 4.78 is 0. The Bertz CT molecular complexity index is 239. The first-order valence-corrected chi connectivity index (χ1v) is 6.37. The number of hydrogen-bond acceptors (Lipinski definition) is 2. The van der Waals surface area contributed by atoms with E-state index in [0.29, 0.717) is 5.54 Å². The van der Waals surface area contributed by atoms with Gasteiger partial charge >= 0.3 is 0 Å². The minimum Gasteiger partial charge on any atom is -0.310 e. The van der Waals surface area contributed by atoms with Gasteiger partial charge in [0.1, 0.15) is 0 Å². The lowest BCUT2D eigenvalue weighted by Crippen LogP contribution is -2.50. The molecule has 0 aliphatic carbocycles. The number of nitrogens with one attached hydrogen (secondary N) is 1. The Morgan fingerprint density at radius 3 is 2.93 bits per heavy atom. The quantitative estimate of drug-likeness (QED) is 0.715. The lowest BCUT2D eigenvalue weighted by molar-refractivity contribution is 0.198. The largest absolute Gasteiger partial charge is 0.310 e. The molecule has 0 aromatic heterocycles. The predicted octanol–water partition coefficient (Wildman–Crippen LogP) is 2.17. The third-order valence-electron chi connectivity index (χ3n) is 4.06. The minimum absolute atomic E-state index is 0.430. The minimum atomic E-state index is 0.430. The molecular formula is C13H24N2. The van der Waals surface area contributed by atoms with Crippen LogP contribution in [0.15, 0.2) is 11.6 Å². The lowest BCUT2D eigenvalue weighted by atomic mass is 9.93. The number of nitrogens with zero attached hydrogens (tertiary/aromatic N) is 1. The maximum absolute atomic E-state index is 3.72. The van der Waals surface area contributed by atoms with E-state index in [1.54, 1.807) is 5.57 Å². The highest BCUT2D eigenvalue weighted by Crippen LogP contribution is 2.25. The molecule has 1 atom stereocenters. The summed E-state index contributed by atoms with van der Waals surface area (Å²) in [6.07, 6.45) is 7.65. The first-order chi connectivity index (χ1) is 7.24. The van der Waals surface area contributed by atoms with Crippen molar-refractivity contribution in [1.82, 2.24) is 10.2 Å². The summed E-state index contributed by atoms with van der Waals surface area (Å²) in [7, 11) is 0. The Hall–Kier alpha value is -0.340. The van der Waals surface area contributed by atoms with Crippen LogP contribution >= 0.6 is 0 Å². The molecule has 1 N–H and O–H groups in total. The summed E-state index contributed by atoms with van der Waals surface area (Å²) in [5, 5.41) is 3.72. The van der Waals surface area contributed by atoms with E-state index in [0.717, 1.165) is 6.54 Å². The van der Waals surface area contributed by atoms with Gasteiger partial charge in [-0.2, -0.15) is 0 Å².